The van der Waals surface area contributed by atoms with Gasteiger partial charge in [-0.1, -0.05) is 42.1 Å². The highest BCUT2D eigenvalue weighted by molar-refractivity contribution is 8.00. The van der Waals surface area contributed by atoms with Crippen molar-refractivity contribution in [3.8, 4) is 0 Å². The predicted octanol–water partition coefficient (Wildman–Crippen LogP) is 1.47. The quantitative estimate of drug-likeness (QED) is 0.646. The molecule has 0 radical (unpaired) electrons. The van der Waals surface area contributed by atoms with Gasteiger partial charge in [0.05, 0.1) is 7.11 Å². The number of aromatic nitrogens is 3. The van der Waals surface area contributed by atoms with Gasteiger partial charge in [0.15, 0.2) is 5.16 Å². The molecule has 0 bridgehead atoms. The van der Waals surface area contributed by atoms with Crippen LogP contribution in [0.1, 0.15) is 12.5 Å². The Morgan fingerprint density at radius 3 is 2.81 bits per heavy atom. The molecule has 21 heavy (non-hydrogen) atoms. The number of carbonyl (C=O) groups is 1. The number of H-pyrrole nitrogens is 1. The molecule has 0 saturated heterocycles. The number of hydrogen-bond donors (Lipinski definition) is 1. The molecule has 1 heterocycles. The van der Waals surface area contributed by atoms with E-state index in [0.29, 0.717) is 11.7 Å². The molecule has 0 amide bonds. The summed E-state index contributed by atoms with van der Waals surface area (Å²) in [6.45, 7) is 2.23. The van der Waals surface area contributed by atoms with E-state index in [0.717, 1.165) is 12.0 Å². The molecule has 1 aromatic carbocycles. The van der Waals surface area contributed by atoms with Crippen LogP contribution in [0.25, 0.3) is 0 Å². The molecule has 0 aliphatic heterocycles. The topological polar surface area (TPSA) is 77.0 Å². The van der Waals surface area contributed by atoms with Gasteiger partial charge in [-0.3, -0.25) is 9.36 Å². The van der Waals surface area contributed by atoms with Crippen LogP contribution in [0.15, 0.2) is 40.3 Å². The normalized spacial score (nSPS) is 12.1. The first-order valence-electron chi connectivity index (χ1n) is 6.55. The molecule has 0 unspecified atom stereocenters. The van der Waals surface area contributed by atoms with Gasteiger partial charge in [0, 0.05) is 6.54 Å². The van der Waals surface area contributed by atoms with Gasteiger partial charge in [0.1, 0.15) is 5.25 Å². The van der Waals surface area contributed by atoms with Crippen LogP contribution in [0.3, 0.4) is 0 Å². The van der Waals surface area contributed by atoms with Crippen molar-refractivity contribution >= 4 is 17.7 Å². The zero-order chi connectivity index (χ0) is 15.2. The Morgan fingerprint density at radius 1 is 1.43 bits per heavy atom. The van der Waals surface area contributed by atoms with E-state index >= 15 is 0 Å². The molecule has 6 nitrogen and oxygen atoms in total. The molecule has 0 aliphatic carbocycles. The number of carbonyl (C=O) groups excluding carboxylic acids is 1. The SMILES string of the molecule is COC(=O)[C@@H](C)Sc1n[nH]c(=O)n1CCc1ccccc1. The lowest BCUT2D eigenvalue weighted by atomic mass is 10.1. The van der Waals surface area contributed by atoms with Gasteiger partial charge in [0.2, 0.25) is 0 Å². The van der Waals surface area contributed by atoms with Crippen molar-refractivity contribution in [2.45, 2.75) is 30.3 Å². The lowest BCUT2D eigenvalue weighted by Crippen LogP contribution is -2.21. The van der Waals surface area contributed by atoms with Crippen LogP contribution < -0.4 is 5.69 Å². The van der Waals surface area contributed by atoms with E-state index in [1.165, 1.54) is 23.4 Å². The number of esters is 1. The van der Waals surface area contributed by atoms with Gasteiger partial charge >= 0.3 is 11.7 Å². The number of hydrogen-bond acceptors (Lipinski definition) is 5. The standard InChI is InChI=1S/C14H17N3O3S/c1-10(12(18)20-2)21-14-16-15-13(19)17(14)9-8-11-6-4-3-5-7-11/h3-7,10H,8-9H2,1-2H3,(H,15,19)/t10-/m1/s1. The molecule has 1 atom stereocenters. The van der Waals surface area contributed by atoms with Crippen molar-refractivity contribution in [2.24, 2.45) is 0 Å². The number of nitrogens with zero attached hydrogens (tertiary/aromatic N) is 2. The molecule has 7 heteroatoms. The molecule has 2 rings (SSSR count). The fourth-order valence-corrected chi connectivity index (χ4v) is 2.76. The van der Waals surface area contributed by atoms with Crippen LogP contribution in [-0.4, -0.2) is 33.1 Å². The van der Waals surface area contributed by atoms with Gasteiger partial charge in [-0.05, 0) is 18.9 Å². The first-order chi connectivity index (χ1) is 10.1. The molecule has 1 N–H and O–H groups in total. The maximum Gasteiger partial charge on any atom is 0.343 e. The maximum atomic E-state index is 11.8. The van der Waals surface area contributed by atoms with Crippen LogP contribution in [0.2, 0.25) is 0 Å². The molecule has 0 aliphatic rings. The highest BCUT2D eigenvalue weighted by Gasteiger charge is 2.19. The summed E-state index contributed by atoms with van der Waals surface area (Å²) in [5, 5.41) is 6.46. The third kappa shape index (κ3) is 3.98. The van der Waals surface area contributed by atoms with Crippen LogP contribution >= 0.6 is 11.8 Å². The van der Waals surface area contributed by atoms with Gasteiger partial charge < -0.3 is 4.74 Å². The molecule has 0 fully saturated rings. The number of aromatic amines is 1. The Morgan fingerprint density at radius 2 is 2.14 bits per heavy atom. The lowest BCUT2D eigenvalue weighted by molar-refractivity contribution is -0.139. The van der Waals surface area contributed by atoms with E-state index in [4.69, 9.17) is 0 Å². The number of benzene rings is 1. The highest BCUT2D eigenvalue weighted by Crippen LogP contribution is 2.20. The molecule has 112 valence electrons. The summed E-state index contributed by atoms with van der Waals surface area (Å²) < 4.78 is 6.21. The molecular formula is C14H17N3O3S. The lowest BCUT2D eigenvalue weighted by Gasteiger charge is -2.09. The summed E-state index contributed by atoms with van der Waals surface area (Å²) in [5.74, 6) is -0.343. The summed E-state index contributed by atoms with van der Waals surface area (Å²) in [5.41, 5.74) is 0.869. The van der Waals surface area contributed by atoms with Crippen molar-refractivity contribution in [2.75, 3.05) is 7.11 Å². The number of nitrogens with one attached hydrogen (secondary N) is 1. The minimum atomic E-state index is -0.416. The number of thioether (sulfide) groups is 1. The highest BCUT2D eigenvalue weighted by atomic mass is 32.2. The second-order valence-corrected chi connectivity index (χ2v) is 5.79. The summed E-state index contributed by atoms with van der Waals surface area (Å²) in [7, 11) is 1.34. The molecule has 1 aromatic heterocycles. The minimum absolute atomic E-state index is 0.273. The Bertz CT molecular complexity index is 651. The Balaban J connectivity index is 2.08. The van der Waals surface area contributed by atoms with Crippen LogP contribution in [0.4, 0.5) is 0 Å². The van der Waals surface area contributed by atoms with E-state index < -0.39 is 5.25 Å². The molecule has 2 aromatic rings. The molecule has 0 saturated carbocycles. The minimum Gasteiger partial charge on any atom is -0.468 e. The van der Waals surface area contributed by atoms with E-state index in [1.807, 2.05) is 30.3 Å². The monoisotopic (exact) mass is 307 g/mol. The van der Waals surface area contributed by atoms with E-state index in [2.05, 4.69) is 14.9 Å². The summed E-state index contributed by atoms with van der Waals surface area (Å²) in [4.78, 5) is 23.2. The first kappa shape index (κ1) is 15.4. The predicted molar refractivity (Wildman–Crippen MR) is 80.3 cm³/mol. The second kappa shape index (κ2) is 7.12. The Hall–Kier alpha value is -2.02. The third-order valence-corrected chi connectivity index (χ3v) is 4.07. The fourth-order valence-electron chi connectivity index (χ4n) is 1.85. The third-order valence-electron chi connectivity index (χ3n) is 3.01. The average Bonchev–Trinajstić information content (AvgIpc) is 2.85. The van der Waals surface area contributed by atoms with E-state index in [1.54, 1.807) is 6.92 Å². The fraction of sp³-hybridized carbons (Fsp3) is 0.357. The summed E-state index contributed by atoms with van der Waals surface area (Å²) in [6.07, 6.45) is 0.723. The van der Waals surface area contributed by atoms with E-state index in [9.17, 15) is 9.59 Å². The number of ether oxygens (including phenoxy) is 1. The van der Waals surface area contributed by atoms with Crippen LogP contribution in [0.5, 0.6) is 0 Å². The molecular weight excluding hydrogens is 290 g/mol. The van der Waals surface area contributed by atoms with Crippen molar-refractivity contribution in [3.63, 3.8) is 0 Å². The van der Waals surface area contributed by atoms with Crippen molar-refractivity contribution in [1.29, 1.82) is 0 Å². The van der Waals surface area contributed by atoms with Crippen molar-refractivity contribution in [1.82, 2.24) is 14.8 Å². The van der Waals surface area contributed by atoms with Crippen LogP contribution in [0, 0.1) is 0 Å². The van der Waals surface area contributed by atoms with Gasteiger partial charge in [-0.25, -0.2) is 9.89 Å². The van der Waals surface area contributed by atoms with Gasteiger partial charge in [-0.2, -0.15) is 0 Å². The number of rotatable bonds is 6. The van der Waals surface area contributed by atoms with E-state index in [-0.39, 0.29) is 11.7 Å². The van der Waals surface area contributed by atoms with Crippen molar-refractivity contribution < 1.29 is 9.53 Å². The van der Waals surface area contributed by atoms with Gasteiger partial charge in [0.25, 0.3) is 0 Å². The zero-order valence-corrected chi connectivity index (χ0v) is 12.7. The van der Waals surface area contributed by atoms with Crippen molar-refractivity contribution in [3.05, 3.63) is 46.4 Å². The van der Waals surface area contributed by atoms with Crippen LogP contribution in [-0.2, 0) is 22.5 Å². The first-order valence-corrected chi connectivity index (χ1v) is 7.43. The van der Waals surface area contributed by atoms with Gasteiger partial charge in [-0.15, -0.1) is 5.10 Å². The largest absolute Gasteiger partial charge is 0.468 e. The average molecular weight is 307 g/mol. The zero-order valence-electron chi connectivity index (χ0n) is 11.9. The Labute approximate surface area is 126 Å². The maximum absolute atomic E-state index is 11.8. The smallest absolute Gasteiger partial charge is 0.343 e. The molecule has 0 spiro atoms. The number of methoxy groups -OCH3 is 1. The summed E-state index contributed by atoms with van der Waals surface area (Å²) >= 11 is 1.20. The Kier molecular flexibility index (Phi) is 5.21. The number of aryl methyl sites for hydroxylation is 1. The second-order valence-electron chi connectivity index (χ2n) is 4.48. The summed E-state index contributed by atoms with van der Waals surface area (Å²) in [6, 6.07) is 9.89.